The molecule has 1 saturated heterocycles. The maximum absolute atomic E-state index is 13.0. The van der Waals surface area contributed by atoms with Gasteiger partial charge in [0.1, 0.15) is 6.04 Å². The molecule has 2 rings (SSSR count). The molecule has 0 aromatic heterocycles. The fraction of sp³-hybridized carbons (Fsp3) is 0.941. The number of amides is 1. The normalized spacial score (nSPS) is 24.4. The van der Waals surface area contributed by atoms with Gasteiger partial charge in [-0.3, -0.25) is 4.79 Å². The molecule has 140 valence electrons. The molecule has 0 bridgehead atoms. The van der Waals surface area contributed by atoms with Gasteiger partial charge in [-0.1, -0.05) is 46.0 Å². The molecule has 0 aromatic rings. The monoisotopic (exact) mass is 360 g/mol. The molecule has 2 fully saturated rings. The Labute approximate surface area is 146 Å². The summed E-state index contributed by atoms with van der Waals surface area (Å²) in [7, 11) is -3.43. The molecule has 0 unspecified atom stereocenters. The van der Waals surface area contributed by atoms with Crippen LogP contribution in [0.2, 0.25) is 0 Å². The second kappa shape index (κ2) is 8.15. The van der Waals surface area contributed by atoms with Crippen molar-refractivity contribution in [1.29, 1.82) is 0 Å². The molecular weight excluding hydrogens is 328 g/mol. The van der Waals surface area contributed by atoms with E-state index in [4.69, 9.17) is 4.74 Å². The highest BCUT2D eigenvalue weighted by Gasteiger charge is 2.41. The van der Waals surface area contributed by atoms with Gasteiger partial charge in [-0.15, -0.1) is 0 Å². The van der Waals surface area contributed by atoms with Crippen LogP contribution in [-0.4, -0.2) is 56.8 Å². The molecule has 1 N–H and O–H groups in total. The standard InChI is InChI=1S/C17H32N2O4S/c1-4-14(2)15(18-24(3,21)22)16(20)19-11-12-23-17(13-19)9-7-5-6-8-10-17/h14-15,18H,4-13H2,1-3H3/t14-,15+/m0/s1. The van der Waals surface area contributed by atoms with Gasteiger partial charge in [0.05, 0.1) is 18.5 Å². The molecule has 0 aromatic carbocycles. The number of sulfonamides is 1. The van der Waals surface area contributed by atoms with E-state index in [1.54, 1.807) is 0 Å². The van der Waals surface area contributed by atoms with Crippen LogP contribution in [0.3, 0.4) is 0 Å². The number of nitrogens with zero attached hydrogens (tertiary/aromatic N) is 1. The minimum absolute atomic E-state index is 0.0415. The van der Waals surface area contributed by atoms with Gasteiger partial charge in [0.25, 0.3) is 0 Å². The summed E-state index contributed by atoms with van der Waals surface area (Å²) in [5.74, 6) is -0.151. The largest absolute Gasteiger partial charge is 0.371 e. The van der Waals surface area contributed by atoms with E-state index in [9.17, 15) is 13.2 Å². The number of nitrogens with one attached hydrogen (secondary N) is 1. The third-order valence-electron chi connectivity index (χ3n) is 5.40. The van der Waals surface area contributed by atoms with Crippen LogP contribution >= 0.6 is 0 Å². The zero-order valence-electron chi connectivity index (χ0n) is 15.2. The summed E-state index contributed by atoms with van der Waals surface area (Å²) in [6, 6.07) is -0.689. The van der Waals surface area contributed by atoms with Gasteiger partial charge in [0.2, 0.25) is 15.9 Å². The van der Waals surface area contributed by atoms with Gasteiger partial charge in [-0.25, -0.2) is 13.1 Å². The molecule has 1 saturated carbocycles. The summed E-state index contributed by atoms with van der Waals surface area (Å²) in [6.45, 7) is 5.56. The molecular formula is C17H32N2O4S. The fourth-order valence-electron chi connectivity index (χ4n) is 3.78. The Morgan fingerprint density at radius 3 is 2.42 bits per heavy atom. The topological polar surface area (TPSA) is 75.7 Å². The van der Waals surface area contributed by atoms with E-state index in [0.29, 0.717) is 19.7 Å². The third-order valence-corrected chi connectivity index (χ3v) is 6.08. The first-order valence-corrected chi connectivity index (χ1v) is 11.1. The average Bonchev–Trinajstić information content (AvgIpc) is 2.76. The summed E-state index contributed by atoms with van der Waals surface area (Å²) in [6.07, 6.45) is 8.57. The molecule has 7 heteroatoms. The fourth-order valence-corrected chi connectivity index (χ4v) is 4.58. The summed E-state index contributed by atoms with van der Waals surface area (Å²) in [5, 5.41) is 0. The van der Waals surface area contributed by atoms with E-state index in [1.807, 2.05) is 18.7 Å². The Kier molecular flexibility index (Phi) is 6.67. The number of hydrogen-bond donors (Lipinski definition) is 1. The first-order valence-electron chi connectivity index (χ1n) is 9.16. The van der Waals surface area contributed by atoms with Crippen molar-refractivity contribution in [2.24, 2.45) is 5.92 Å². The highest BCUT2D eigenvalue weighted by atomic mass is 32.2. The Hall–Kier alpha value is -0.660. The average molecular weight is 361 g/mol. The number of ether oxygens (including phenoxy) is 1. The summed E-state index contributed by atoms with van der Waals surface area (Å²) in [4.78, 5) is 14.9. The van der Waals surface area contributed by atoms with E-state index in [1.165, 1.54) is 12.8 Å². The number of hydrogen-bond acceptors (Lipinski definition) is 4. The second-order valence-electron chi connectivity index (χ2n) is 7.46. The maximum Gasteiger partial charge on any atom is 0.241 e. The minimum Gasteiger partial charge on any atom is -0.371 e. The highest BCUT2D eigenvalue weighted by Crippen LogP contribution is 2.33. The first kappa shape index (κ1) is 19.7. The van der Waals surface area contributed by atoms with Gasteiger partial charge in [-0.2, -0.15) is 0 Å². The van der Waals surface area contributed by atoms with Crippen LogP contribution in [0.4, 0.5) is 0 Å². The molecule has 2 atom stereocenters. The van der Waals surface area contributed by atoms with Gasteiger partial charge < -0.3 is 9.64 Å². The number of carbonyl (C=O) groups excluding carboxylic acids is 1. The van der Waals surface area contributed by atoms with E-state index in [-0.39, 0.29) is 17.4 Å². The predicted octanol–water partition coefficient (Wildman–Crippen LogP) is 1.90. The SMILES string of the molecule is CC[C@H](C)[C@@H](NS(C)(=O)=O)C(=O)N1CCOC2(CCCCCC2)C1. The highest BCUT2D eigenvalue weighted by molar-refractivity contribution is 7.88. The van der Waals surface area contributed by atoms with Crippen molar-refractivity contribution in [2.75, 3.05) is 26.0 Å². The summed E-state index contributed by atoms with van der Waals surface area (Å²) in [5.41, 5.74) is -0.227. The van der Waals surface area contributed by atoms with Crippen molar-refractivity contribution in [2.45, 2.75) is 70.4 Å². The van der Waals surface area contributed by atoms with Crippen LogP contribution < -0.4 is 4.72 Å². The van der Waals surface area contributed by atoms with Crippen LogP contribution in [0.25, 0.3) is 0 Å². The van der Waals surface area contributed by atoms with Crippen molar-refractivity contribution >= 4 is 15.9 Å². The number of morpholine rings is 1. The summed E-state index contributed by atoms with van der Waals surface area (Å²) < 4.78 is 32.0. The second-order valence-corrected chi connectivity index (χ2v) is 9.24. The van der Waals surface area contributed by atoms with E-state index < -0.39 is 16.1 Å². The van der Waals surface area contributed by atoms with Crippen molar-refractivity contribution in [3.8, 4) is 0 Å². The molecule has 2 aliphatic rings. The lowest BCUT2D eigenvalue weighted by Gasteiger charge is -2.44. The molecule has 1 spiro atoms. The Balaban J connectivity index is 2.13. The molecule has 6 nitrogen and oxygen atoms in total. The quantitative estimate of drug-likeness (QED) is 0.812. The molecule has 1 heterocycles. The van der Waals surface area contributed by atoms with Crippen molar-refractivity contribution in [3.63, 3.8) is 0 Å². The van der Waals surface area contributed by atoms with E-state index >= 15 is 0 Å². The zero-order valence-corrected chi connectivity index (χ0v) is 16.0. The molecule has 24 heavy (non-hydrogen) atoms. The third kappa shape index (κ3) is 5.17. The van der Waals surface area contributed by atoms with Gasteiger partial charge in [0, 0.05) is 13.1 Å². The lowest BCUT2D eigenvalue weighted by atomic mass is 9.91. The van der Waals surface area contributed by atoms with Gasteiger partial charge in [0.15, 0.2) is 0 Å². The van der Waals surface area contributed by atoms with Crippen LogP contribution in [-0.2, 0) is 19.6 Å². The predicted molar refractivity (Wildman–Crippen MR) is 94.2 cm³/mol. The van der Waals surface area contributed by atoms with E-state index in [0.717, 1.165) is 38.4 Å². The number of rotatable bonds is 5. The van der Waals surface area contributed by atoms with Crippen molar-refractivity contribution < 1.29 is 17.9 Å². The Morgan fingerprint density at radius 2 is 1.88 bits per heavy atom. The molecule has 1 amide bonds. The Morgan fingerprint density at radius 1 is 1.25 bits per heavy atom. The number of carbonyl (C=O) groups is 1. The van der Waals surface area contributed by atoms with Crippen LogP contribution in [0.15, 0.2) is 0 Å². The Bertz CT molecular complexity index is 527. The van der Waals surface area contributed by atoms with Gasteiger partial charge in [-0.05, 0) is 18.8 Å². The summed E-state index contributed by atoms with van der Waals surface area (Å²) >= 11 is 0. The van der Waals surface area contributed by atoms with Crippen molar-refractivity contribution in [3.05, 3.63) is 0 Å². The smallest absolute Gasteiger partial charge is 0.241 e. The lowest BCUT2D eigenvalue weighted by molar-refractivity contribution is -0.155. The molecule has 1 aliphatic carbocycles. The maximum atomic E-state index is 13.0. The molecule has 0 radical (unpaired) electrons. The van der Waals surface area contributed by atoms with Gasteiger partial charge >= 0.3 is 0 Å². The van der Waals surface area contributed by atoms with Crippen molar-refractivity contribution in [1.82, 2.24) is 9.62 Å². The zero-order chi connectivity index (χ0) is 17.8. The van der Waals surface area contributed by atoms with Crippen LogP contribution in [0, 0.1) is 5.92 Å². The van der Waals surface area contributed by atoms with Crippen LogP contribution in [0.1, 0.15) is 58.8 Å². The first-order chi connectivity index (χ1) is 11.3. The van der Waals surface area contributed by atoms with Crippen LogP contribution in [0.5, 0.6) is 0 Å². The lowest BCUT2D eigenvalue weighted by Crippen LogP contribution is -2.59. The minimum atomic E-state index is -3.43. The molecule has 1 aliphatic heterocycles. The van der Waals surface area contributed by atoms with E-state index in [2.05, 4.69) is 4.72 Å².